The second-order valence-corrected chi connectivity index (χ2v) is 4.77. The van der Waals surface area contributed by atoms with E-state index in [-0.39, 0.29) is 5.41 Å². The molecule has 0 radical (unpaired) electrons. The summed E-state index contributed by atoms with van der Waals surface area (Å²) in [6.07, 6.45) is 1.97. The Balaban J connectivity index is 3.32. The highest BCUT2D eigenvalue weighted by molar-refractivity contribution is 7.71. The number of nitrogens with one attached hydrogen (secondary N) is 1. The molecule has 0 spiro atoms. The number of rotatable bonds is 1. The molecule has 0 saturated heterocycles. The van der Waals surface area contributed by atoms with Gasteiger partial charge in [-0.3, -0.25) is 0 Å². The zero-order chi connectivity index (χ0) is 10.2. The van der Waals surface area contributed by atoms with Crippen LogP contribution >= 0.6 is 12.2 Å². The van der Waals surface area contributed by atoms with Crippen molar-refractivity contribution in [1.82, 2.24) is 9.66 Å². The van der Waals surface area contributed by atoms with E-state index in [0.717, 1.165) is 4.77 Å². The van der Waals surface area contributed by atoms with Gasteiger partial charge >= 0.3 is 0 Å². The highest BCUT2D eigenvalue weighted by atomic mass is 32.1. The second kappa shape index (κ2) is 3.18. The minimum Gasteiger partial charge on any atom is -0.336 e. The Kier molecular flexibility index (Phi) is 2.52. The summed E-state index contributed by atoms with van der Waals surface area (Å²) < 4.78 is 2.75. The summed E-state index contributed by atoms with van der Waals surface area (Å²) in [5, 5.41) is 1.99. The monoisotopic (exact) mass is 199 g/mol. The van der Waals surface area contributed by atoms with E-state index in [1.807, 2.05) is 30.0 Å². The summed E-state index contributed by atoms with van der Waals surface area (Å²) in [4.78, 5) is 3.06. The van der Waals surface area contributed by atoms with E-state index in [4.69, 9.17) is 12.2 Å². The molecule has 0 aliphatic rings. The molecule has 4 heteroatoms. The summed E-state index contributed by atoms with van der Waals surface area (Å²) >= 11 is 5.18. The van der Waals surface area contributed by atoms with E-state index in [1.165, 1.54) is 5.69 Å². The Hall–Kier alpha value is -0.770. The van der Waals surface area contributed by atoms with Gasteiger partial charge in [0.2, 0.25) is 0 Å². The van der Waals surface area contributed by atoms with E-state index in [1.54, 1.807) is 0 Å². The topological polar surface area (TPSA) is 24.0 Å². The van der Waals surface area contributed by atoms with Crippen LogP contribution in [0.4, 0.5) is 0 Å². The highest BCUT2D eigenvalue weighted by Gasteiger charge is 2.19. The fourth-order valence-corrected chi connectivity index (χ4v) is 1.61. The van der Waals surface area contributed by atoms with Crippen molar-refractivity contribution in [3.05, 3.63) is 16.7 Å². The van der Waals surface area contributed by atoms with E-state index in [9.17, 15) is 0 Å². The molecule has 1 aromatic rings. The Morgan fingerprint density at radius 1 is 1.38 bits per heavy atom. The number of aromatic nitrogens is 2. The molecular formula is C9H17N3S. The van der Waals surface area contributed by atoms with Crippen molar-refractivity contribution < 1.29 is 0 Å². The first kappa shape index (κ1) is 10.3. The van der Waals surface area contributed by atoms with Crippen LogP contribution in [-0.2, 0) is 5.41 Å². The molecule has 1 rings (SSSR count). The largest absolute Gasteiger partial charge is 0.336 e. The van der Waals surface area contributed by atoms with Crippen LogP contribution in [0.25, 0.3) is 0 Å². The van der Waals surface area contributed by atoms with Gasteiger partial charge in [-0.15, -0.1) is 0 Å². The molecule has 74 valence electrons. The fourth-order valence-electron chi connectivity index (χ4n) is 1.29. The van der Waals surface area contributed by atoms with Gasteiger partial charge < -0.3 is 9.99 Å². The van der Waals surface area contributed by atoms with Crippen LogP contribution in [0.15, 0.2) is 6.20 Å². The van der Waals surface area contributed by atoms with Crippen LogP contribution in [0.2, 0.25) is 0 Å². The average molecular weight is 199 g/mol. The summed E-state index contributed by atoms with van der Waals surface area (Å²) in [6, 6.07) is 0. The van der Waals surface area contributed by atoms with Gasteiger partial charge in [0.15, 0.2) is 4.77 Å². The third kappa shape index (κ3) is 1.94. The first-order valence-electron chi connectivity index (χ1n) is 4.32. The van der Waals surface area contributed by atoms with Crippen LogP contribution < -0.4 is 5.01 Å². The molecule has 0 bridgehead atoms. The standard InChI is InChI=1S/C9H17N3S/c1-9(2,3)7-6-10-8(13)12(7)11(4)5/h6H,1-5H3,(H,10,13). The first-order chi connectivity index (χ1) is 5.84. The molecule has 1 heterocycles. The number of imidazole rings is 1. The van der Waals surface area contributed by atoms with E-state index < -0.39 is 0 Å². The molecule has 1 aromatic heterocycles. The lowest BCUT2D eigenvalue weighted by Crippen LogP contribution is -2.31. The lowest BCUT2D eigenvalue weighted by Gasteiger charge is -2.24. The summed E-state index contributed by atoms with van der Waals surface area (Å²) in [5.74, 6) is 0. The maximum Gasteiger partial charge on any atom is 0.196 e. The molecule has 1 N–H and O–H groups in total. The van der Waals surface area contributed by atoms with Crippen molar-refractivity contribution in [3.63, 3.8) is 0 Å². The first-order valence-corrected chi connectivity index (χ1v) is 4.73. The lowest BCUT2D eigenvalue weighted by atomic mass is 9.93. The zero-order valence-corrected chi connectivity index (χ0v) is 9.70. The van der Waals surface area contributed by atoms with Crippen molar-refractivity contribution in [2.24, 2.45) is 0 Å². The predicted octanol–water partition coefficient (Wildman–Crippen LogP) is 2.04. The van der Waals surface area contributed by atoms with Crippen molar-refractivity contribution in [3.8, 4) is 0 Å². The number of hydrogen-bond acceptors (Lipinski definition) is 2. The molecule has 3 nitrogen and oxygen atoms in total. The van der Waals surface area contributed by atoms with Gasteiger partial charge in [-0.1, -0.05) is 20.8 Å². The summed E-state index contributed by atoms with van der Waals surface area (Å²) in [5.41, 5.74) is 1.31. The molecule has 0 aromatic carbocycles. The minimum atomic E-state index is 0.109. The molecule has 0 atom stereocenters. The van der Waals surface area contributed by atoms with Gasteiger partial charge in [-0.25, -0.2) is 4.68 Å². The van der Waals surface area contributed by atoms with Crippen LogP contribution in [-0.4, -0.2) is 23.8 Å². The van der Waals surface area contributed by atoms with Crippen molar-refractivity contribution in [2.45, 2.75) is 26.2 Å². The number of hydrogen-bond donors (Lipinski definition) is 1. The Morgan fingerprint density at radius 2 is 1.92 bits per heavy atom. The third-order valence-electron chi connectivity index (χ3n) is 1.92. The maximum atomic E-state index is 5.18. The predicted molar refractivity (Wildman–Crippen MR) is 58.4 cm³/mol. The smallest absolute Gasteiger partial charge is 0.196 e. The van der Waals surface area contributed by atoms with Crippen LogP contribution in [0.1, 0.15) is 26.5 Å². The van der Waals surface area contributed by atoms with Crippen molar-refractivity contribution >= 4 is 12.2 Å². The minimum absolute atomic E-state index is 0.109. The van der Waals surface area contributed by atoms with Gasteiger partial charge in [0, 0.05) is 25.7 Å². The van der Waals surface area contributed by atoms with E-state index in [2.05, 4.69) is 25.8 Å². The van der Waals surface area contributed by atoms with Crippen LogP contribution in [0.3, 0.4) is 0 Å². The number of nitrogens with zero attached hydrogens (tertiary/aromatic N) is 2. The van der Waals surface area contributed by atoms with Gasteiger partial charge in [-0.2, -0.15) is 0 Å². The SMILES string of the molecule is CN(C)n1c(C(C)(C)C)c[nH]c1=S. The maximum absolute atomic E-state index is 5.18. The zero-order valence-electron chi connectivity index (χ0n) is 8.88. The molecule has 0 aliphatic carbocycles. The average Bonchev–Trinajstić information content (AvgIpc) is 2.28. The van der Waals surface area contributed by atoms with Gasteiger partial charge in [-0.05, 0) is 12.2 Å². The normalized spacial score (nSPS) is 11.8. The summed E-state index contributed by atoms with van der Waals surface area (Å²) in [6.45, 7) is 6.51. The fraction of sp³-hybridized carbons (Fsp3) is 0.667. The lowest BCUT2D eigenvalue weighted by molar-refractivity contribution is 0.519. The Morgan fingerprint density at radius 3 is 2.23 bits per heavy atom. The van der Waals surface area contributed by atoms with Crippen molar-refractivity contribution in [1.29, 1.82) is 0 Å². The van der Waals surface area contributed by atoms with Crippen molar-refractivity contribution in [2.75, 3.05) is 19.1 Å². The van der Waals surface area contributed by atoms with Crippen LogP contribution in [0, 0.1) is 4.77 Å². The summed E-state index contributed by atoms with van der Waals surface area (Å²) in [7, 11) is 3.97. The quantitative estimate of drug-likeness (QED) is 0.700. The second-order valence-electron chi connectivity index (χ2n) is 4.39. The Bertz CT molecular complexity index is 340. The van der Waals surface area contributed by atoms with Gasteiger partial charge in [0.05, 0.1) is 5.69 Å². The molecular weight excluding hydrogens is 182 g/mol. The van der Waals surface area contributed by atoms with E-state index in [0.29, 0.717) is 0 Å². The molecule has 0 saturated carbocycles. The molecule has 0 amide bonds. The molecule has 0 unspecified atom stereocenters. The number of aromatic amines is 1. The van der Waals surface area contributed by atoms with Gasteiger partial charge in [0.25, 0.3) is 0 Å². The third-order valence-corrected chi connectivity index (χ3v) is 2.21. The Labute approximate surface area is 84.3 Å². The van der Waals surface area contributed by atoms with E-state index >= 15 is 0 Å². The highest BCUT2D eigenvalue weighted by Crippen LogP contribution is 2.21. The molecule has 0 aliphatic heterocycles. The number of H-pyrrole nitrogens is 1. The van der Waals surface area contributed by atoms with Crippen LogP contribution in [0.5, 0.6) is 0 Å². The molecule has 0 fully saturated rings. The van der Waals surface area contributed by atoms with Gasteiger partial charge in [0.1, 0.15) is 0 Å². The molecule has 13 heavy (non-hydrogen) atoms.